The molecule has 0 bridgehead atoms. The van der Waals surface area contributed by atoms with Gasteiger partial charge in [-0.3, -0.25) is 4.68 Å². The SMILES string of the molecule is CCCNCc1ccccc1Cn1nc(C)c(C)c1C. The molecule has 1 N–H and O–H groups in total. The lowest BCUT2D eigenvalue weighted by Gasteiger charge is -2.11. The van der Waals surface area contributed by atoms with Crippen molar-refractivity contribution < 1.29 is 0 Å². The molecule has 0 aliphatic carbocycles. The van der Waals surface area contributed by atoms with Gasteiger partial charge in [-0.25, -0.2) is 0 Å². The second-order valence-electron chi connectivity index (χ2n) is 5.40. The lowest BCUT2D eigenvalue weighted by molar-refractivity contribution is 0.636. The monoisotopic (exact) mass is 271 g/mol. The van der Waals surface area contributed by atoms with Crippen molar-refractivity contribution in [1.82, 2.24) is 15.1 Å². The van der Waals surface area contributed by atoms with E-state index in [4.69, 9.17) is 0 Å². The molecule has 3 nitrogen and oxygen atoms in total. The Labute approximate surface area is 122 Å². The minimum atomic E-state index is 0.852. The van der Waals surface area contributed by atoms with Crippen LogP contribution in [-0.4, -0.2) is 16.3 Å². The van der Waals surface area contributed by atoms with Crippen molar-refractivity contribution in [3.05, 3.63) is 52.3 Å². The summed E-state index contributed by atoms with van der Waals surface area (Å²) in [5, 5.41) is 8.12. The number of aryl methyl sites for hydroxylation is 1. The first-order valence-corrected chi connectivity index (χ1v) is 7.41. The number of nitrogens with one attached hydrogen (secondary N) is 1. The molecule has 2 rings (SSSR count). The summed E-state index contributed by atoms with van der Waals surface area (Å²) in [7, 11) is 0. The van der Waals surface area contributed by atoms with Crippen LogP contribution in [0.25, 0.3) is 0 Å². The predicted molar refractivity (Wildman–Crippen MR) is 84.0 cm³/mol. The van der Waals surface area contributed by atoms with E-state index in [9.17, 15) is 0 Å². The van der Waals surface area contributed by atoms with Crippen LogP contribution >= 0.6 is 0 Å². The molecular formula is C17H25N3. The van der Waals surface area contributed by atoms with Crippen LogP contribution in [0.3, 0.4) is 0 Å². The molecule has 0 unspecified atom stereocenters. The summed E-state index contributed by atoms with van der Waals surface area (Å²) in [6.45, 7) is 11.4. The molecule has 0 aliphatic heterocycles. The third-order valence-electron chi connectivity index (χ3n) is 3.92. The minimum absolute atomic E-state index is 0.852. The molecule has 2 aromatic rings. The Morgan fingerprint density at radius 1 is 1.10 bits per heavy atom. The van der Waals surface area contributed by atoms with Crippen LogP contribution in [0.1, 0.15) is 41.4 Å². The van der Waals surface area contributed by atoms with E-state index >= 15 is 0 Å². The Balaban J connectivity index is 2.18. The lowest BCUT2D eigenvalue weighted by atomic mass is 10.1. The fourth-order valence-corrected chi connectivity index (χ4v) is 2.39. The highest BCUT2D eigenvalue weighted by Gasteiger charge is 2.09. The van der Waals surface area contributed by atoms with E-state index in [-0.39, 0.29) is 0 Å². The highest BCUT2D eigenvalue weighted by molar-refractivity contribution is 5.29. The smallest absolute Gasteiger partial charge is 0.0665 e. The van der Waals surface area contributed by atoms with Gasteiger partial charge in [0, 0.05) is 12.2 Å². The molecule has 1 aromatic heterocycles. The predicted octanol–water partition coefficient (Wildman–Crippen LogP) is 3.36. The molecule has 0 fully saturated rings. The van der Waals surface area contributed by atoms with Crippen molar-refractivity contribution in [2.24, 2.45) is 0 Å². The van der Waals surface area contributed by atoms with Gasteiger partial charge in [0.1, 0.15) is 0 Å². The molecule has 0 amide bonds. The average molecular weight is 271 g/mol. The van der Waals surface area contributed by atoms with Crippen LogP contribution in [0.4, 0.5) is 0 Å². The Morgan fingerprint density at radius 3 is 2.40 bits per heavy atom. The van der Waals surface area contributed by atoms with Gasteiger partial charge in [0.05, 0.1) is 12.2 Å². The lowest BCUT2D eigenvalue weighted by Crippen LogP contribution is -2.16. The van der Waals surface area contributed by atoms with Gasteiger partial charge in [-0.05, 0) is 50.4 Å². The number of hydrogen-bond donors (Lipinski definition) is 1. The molecule has 0 aliphatic rings. The molecule has 1 aromatic carbocycles. The molecule has 3 heteroatoms. The summed E-state index contributed by atoms with van der Waals surface area (Å²) < 4.78 is 2.11. The highest BCUT2D eigenvalue weighted by atomic mass is 15.3. The second kappa shape index (κ2) is 6.71. The third kappa shape index (κ3) is 3.28. The highest BCUT2D eigenvalue weighted by Crippen LogP contribution is 2.15. The molecule has 0 radical (unpaired) electrons. The fraction of sp³-hybridized carbons (Fsp3) is 0.471. The summed E-state index contributed by atoms with van der Waals surface area (Å²) in [4.78, 5) is 0. The van der Waals surface area contributed by atoms with Gasteiger partial charge in [-0.15, -0.1) is 0 Å². The zero-order valence-corrected chi connectivity index (χ0v) is 13.0. The first-order chi connectivity index (χ1) is 9.63. The Hall–Kier alpha value is -1.61. The number of rotatable bonds is 6. The number of aromatic nitrogens is 2. The topological polar surface area (TPSA) is 29.9 Å². The maximum Gasteiger partial charge on any atom is 0.0665 e. The van der Waals surface area contributed by atoms with E-state index in [0.717, 1.165) is 25.3 Å². The van der Waals surface area contributed by atoms with E-state index in [1.54, 1.807) is 0 Å². The van der Waals surface area contributed by atoms with Gasteiger partial charge in [-0.2, -0.15) is 5.10 Å². The zero-order valence-electron chi connectivity index (χ0n) is 13.0. The van der Waals surface area contributed by atoms with E-state index < -0.39 is 0 Å². The Morgan fingerprint density at radius 2 is 1.80 bits per heavy atom. The Bertz CT molecular complexity index is 570. The average Bonchev–Trinajstić information content (AvgIpc) is 2.68. The minimum Gasteiger partial charge on any atom is -0.313 e. The largest absolute Gasteiger partial charge is 0.313 e. The molecule has 20 heavy (non-hydrogen) atoms. The van der Waals surface area contributed by atoms with E-state index in [1.165, 1.54) is 28.8 Å². The summed E-state index contributed by atoms with van der Waals surface area (Å²) in [5.41, 5.74) is 6.40. The van der Waals surface area contributed by atoms with Crippen LogP contribution in [0.5, 0.6) is 0 Å². The quantitative estimate of drug-likeness (QED) is 0.817. The first kappa shape index (κ1) is 14.8. The van der Waals surface area contributed by atoms with Crippen LogP contribution in [0.2, 0.25) is 0 Å². The first-order valence-electron chi connectivity index (χ1n) is 7.41. The standard InChI is InChI=1S/C17H25N3/c1-5-10-18-11-16-8-6-7-9-17(16)12-20-15(4)13(2)14(3)19-20/h6-9,18H,5,10-12H2,1-4H3. The van der Waals surface area contributed by atoms with Crippen molar-refractivity contribution in [3.8, 4) is 0 Å². The second-order valence-corrected chi connectivity index (χ2v) is 5.40. The van der Waals surface area contributed by atoms with Gasteiger partial charge < -0.3 is 5.32 Å². The van der Waals surface area contributed by atoms with E-state index in [0.29, 0.717) is 0 Å². The maximum atomic E-state index is 4.64. The van der Waals surface area contributed by atoms with Gasteiger partial charge in [0.2, 0.25) is 0 Å². The van der Waals surface area contributed by atoms with Crippen LogP contribution in [0.15, 0.2) is 24.3 Å². The van der Waals surface area contributed by atoms with Crippen molar-refractivity contribution in [3.63, 3.8) is 0 Å². The summed E-state index contributed by atoms with van der Waals surface area (Å²) in [5.74, 6) is 0. The normalized spacial score (nSPS) is 11.0. The van der Waals surface area contributed by atoms with Gasteiger partial charge in [-0.1, -0.05) is 31.2 Å². The number of hydrogen-bond acceptors (Lipinski definition) is 2. The van der Waals surface area contributed by atoms with Crippen molar-refractivity contribution in [2.45, 2.75) is 47.2 Å². The molecule has 0 saturated heterocycles. The fourth-order valence-electron chi connectivity index (χ4n) is 2.39. The Kier molecular flexibility index (Phi) is 4.96. The summed E-state index contributed by atoms with van der Waals surface area (Å²) in [6, 6.07) is 8.63. The van der Waals surface area contributed by atoms with Crippen LogP contribution < -0.4 is 5.32 Å². The maximum absolute atomic E-state index is 4.64. The van der Waals surface area contributed by atoms with E-state index in [2.05, 4.69) is 67.1 Å². The van der Waals surface area contributed by atoms with Crippen molar-refractivity contribution >= 4 is 0 Å². The number of nitrogens with zero attached hydrogens (tertiary/aromatic N) is 2. The molecule has 0 spiro atoms. The van der Waals surface area contributed by atoms with E-state index in [1.807, 2.05) is 0 Å². The van der Waals surface area contributed by atoms with Gasteiger partial charge >= 0.3 is 0 Å². The van der Waals surface area contributed by atoms with Crippen LogP contribution in [0, 0.1) is 20.8 Å². The van der Waals surface area contributed by atoms with Crippen molar-refractivity contribution in [1.29, 1.82) is 0 Å². The third-order valence-corrected chi connectivity index (χ3v) is 3.92. The summed E-state index contributed by atoms with van der Waals surface area (Å²) in [6.07, 6.45) is 1.17. The van der Waals surface area contributed by atoms with Crippen LogP contribution in [-0.2, 0) is 13.1 Å². The molecule has 1 heterocycles. The molecular weight excluding hydrogens is 246 g/mol. The zero-order chi connectivity index (χ0) is 14.5. The molecule has 108 valence electrons. The molecule has 0 saturated carbocycles. The summed E-state index contributed by atoms with van der Waals surface area (Å²) >= 11 is 0. The number of benzene rings is 1. The molecule has 0 atom stereocenters. The van der Waals surface area contributed by atoms with Gasteiger partial charge in [0.25, 0.3) is 0 Å². The van der Waals surface area contributed by atoms with Crippen molar-refractivity contribution in [2.75, 3.05) is 6.54 Å². The van der Waals surface area contributed by atoms with Gasteiger partial charge in [0.15, 0.2) is 0 Å².